The van der Waals surface area contributed by atoms with Crippen molar-refractivity contribution in [1.82, 2.24) is 10.2 Å². The molecule has 0 amide bonds. The smallest absolute Gasteiger partial charge is 0.105 e. The molecule has 2 unspecified atom stereocenters. The van der Waals surface area contributed by atoms with Gasteiger partial charge in [0.1, 0.15) is 11.5 Å². The predicted octanol–water partition coefficient (Wildman–Crippen LogP) is 3.81. The lowest BCUT2D eigenvalue weighted by Crippen LogP contribution is -2.46. The minimum Gasteiger partial charge on any atom is -0.466 e. The molecule has 1 aliphatic heterocycles. The topological polar surface area (TPSA) is 28.4 Å². The molecule has 0 saturated carbocycles. The number of furan rings is 1. The van der Waals surface area contributed by atoms with Crippen molar-refractivity contribution in [2.24, 2.45) is 0 Å². The third kappa shape index (κ3) is 3.64. The summed E-state index contributed by atoms with van der Waals surface area (Å²) in [4.78, 5) is 2.60. The van der Waals surface area contributed by atoms with Crippen LogP contribution in [0.15, 0.2) is 10.5 Å². The summed E-state index contributed by atoms with van der Waals surface area (Å²) >= 11 is 0. The van der Waals surface area contributed by atoms with Crippen molar-refractivity contribution in [2.75, 3.05) is 13.1 Å². The second-order valence-corrected chi connectivity index (χ2v) is 6.48. The molecular formula is C17H30N2O. The van der Waals surface area contributed by atoms with Crippen LogP contribution in [-0.2, 0) is 0 Å². The van der Waals surface area contributed by atoms with Crippen molar-refractivity contribution < 1.29 is 4.42 Å². The van der Waals surface area contributed by atoms with Gasteiger partial charge in [0.15, 0.2) is 0 Å². The van der Waals surface area contributed by atoms with E-state index < -0.39 is 0 Å². The van der Waals surface area contributed by atoms with Crippen molar-refractivity contribution in [3.05, 3.63) is 23.2 Å². The largest absolute Gasteiger partial charge is 0.466 e. The Morgan fingerprint density at radius 2 is 2.05 bits per heavy atom. The van der Waals surface area contributed by atoms with Crippen molar-refractivity contribution in [1.29, 1.82) is 0 Å². The highest BCUT2D eigenvalue weighted by atomic mass is 16.3. The molecule has 0 aliphatic carbocycles. The van der Waals surface area contributed by atoms with Crippen LogP contribution in [0.1, 0.15) is 63.2 Å². The van der Waals surface area contributed by atoms with E-state index >= 15 is 0 Å². The molecule has 3 nitrogen and oxygen atoms in total. The van der Waals surface area contributed by atoms with Crippen LogP contribution in [0.3, 0.4) is 0 Å². The molecule has 3 heteroatoms. The quantitative estimate of drug-likeness (QED) is 0.888. The summed E-state index contributed by atoms with van der Waals surface area (Å²) in [5, 5.41) is 3.67. The van der Waals surface area contributed by atoms with Gasteiger partial charge in [-0.25, -0.2) is 0 Å². The second-order valence-electron chi connectivity index (χ2n) is 6.48. The Balaban J connectivity index is 2.09. The highest BCUT2D eigenvalue weighted by Crippen LogP contribution is 2.28. The molecule has 1 N–H and O–H groups in total. The van der Waals surface area contributed by atoms with Gasteiger partial charge in [-0.3, -0.25) is 4.90 Å². The molecule has 2 heterocycles. The van der Waals surface area contributed by atoms with Crippen molar-refractivity contribution in [2.45, 2.75) is 72.0 Å². The highest BCUT2D eigenvalue weighted by molar-refractivity contribution is 5.23. The molecule has 0 radical (unpaired) electrons. The van der Waals surface area contributed by atoms with E-state index in [9.17, 15) is 0 Å². The summed E-state index contributed by atoms with van der Waals surface area (Å²) < 4.78 is 5.71. The molecule has 2 atom stereocenters. The Bertz CT molecular complexity index is 419. The van der Waals surface area contributed by atoms with E-state index in [1.54, 1.807) is 0 Å². The van der Waals surface area contributed by atoms with Gasteiger partial charge in [-0.1, -0.05) is 6.42 Å². The van der Waals surface area contributed by atoms with Crippen LogP contribution in [0.2, 0.25) is 0 Å². The maximum absolute atomic E-state index is 5.71. The summed E-state index contributed by atoms with van der Waals surface area (Å²) in [5.41, 5.74) is 1.34. The van der Waals surface area contributed by atoms with Crippen LogP contribution < -0.4 is 5.32 Å². The molecule has 1 fully saturated rings. The summed E-state index contributed by atoms with van der Waals surface area (Å²) in [6.07, 6.45) is 3.99. The van der Waals surface area contributed by atoms with Gasteiger partial charge in [0.25, 0.3) is 0 Å². The average Bonchev–Trinajstić information content (AvgIpc) is 2.75. The molecule has 0 spiro atoms. The first-order valence-corrected chi connectivity index (χ1v) is 8.05. The van der Waals surface area contributed by atoms with E-state index in [1.165, 1.54) is 31.4 Å². The third-order valence-corrected chi connectivity index (χ3v) is 4.53. The zero-order chi connectivity index (χ0) is 14.7. The number of nitrogens with zero attached hydrogens (tertiary/aromatic N) is 1. The fourth-order valence-corrected chi connectivity index (χ4v) is 3.39. The Hall–Kier alpha value is -0.800. The van der Waals surface area contributed by atoms with Gasteiger partial charge in [-0.05, 0) is 60.1 Å². The average molecular weight is 278 g/mol. The first-order valence-electron chi connectivity index (χ1n) is 8.05. The molecule has 1 aromatic heterocycles. The lowest BCUT2D eigenvalue weighted by Gasteiger charge is -2.37. The number of rotatable bonds is 5. The SMILES string of the molecule is Cc1cc(C(C)N(CC2CCCCN2)C(C)C)c(C)o1. The van der Waals surface area contributed by atoms with Gasteiger partial charge >= 0.3 is 0 Å². The summed E-state index contributed by atoms with van der Waals surface area (Å²) in [6, 6.07) is 3.80. The Labute approximate surface area is 123 Å². The number of hydrogen-bond donors (Lipinski definition) is 1. The fourth-order valence-electron chi connectivity index (χ4n) is 3.39. The van der Waals surface area contributed by atoms with Crippen LogP contribution in [0.5, 0.6) is 0 Å². The van der Waals surface area contributed by atoms with E-state index in [-0.39, 0.29) is 0 Å². The van der Waals surface area contributed by atoms with Crippen molar-refractivity contribution in [3.8, 4) is 0 Å². The van der Waals surface area contributed by atoms with Gasteiger partial charge in [0.05, 0.1) is 0 Å². The number of aryl methyl sites for hydroxylation is 2. The van der Waals surface area contributed by atoms with Gasteiger partial charge in [0.2, 0.25) is 0 Å². The van der Waals surface area contributed by atoms with Gasteiger partial charge in [-0.2, -0.15) is 0 Å². The Morgan fingerprint density at radius 1 is 1.30 bits per heavy atom. The molecule has 20 heavy (non-hydrogen) atoms. The van der Waals surface area contributed by atoms with E-state index in [0.29, 0.717) is 18.1 Å². The van der Waals surface area contributed by atoms with E-state index in [1.807, 2.05) is 6.92 Å². The summed E-state index contributed by atoms with van der Waals surface area (Å²) in [6.45, 7) is 13.3. The molecule has 1 saturated heterocycles. The van der Waals surface area contributed by atoms with Gasteiger partial charge in [-0.15, -0.1) is 0 Å². The van der Waals surface area contributed by atoms with Gasteiger partial charge in [0, 0.05) is 30.2 Å². The normalized spacial score (nSPS) is 21.6. The minimum absolute atomic E-state index is 0.413. The minimum atomic E-state index is 0.413. The van der Waals surface area contributed by atoms with Crippen LogP contribution in [0.4, 0.5) is 0 Å². The third-order valence-electron chi connectivity index (χ3n) is 4.53. The lowest BCUT2D eigenvalue weighted by atomic mass is 10.0. The zero-order valence-corrected chi connectivity index (χ0v) is 13.7. The summed E-state index contributed by atoms with van der Waals surface area (Å²) in [7, 11) is 0. The van der Waals surface area contributed by atoms with Crippen molar-refractivity contribution >= 4 is 0 Å². The summed E-state index contributed by atoms with van der Waals surface area (Å²) in [5.74, 6) is 2.08. The molecule has 114 valence electrons. The molecule has 0 aromatic carbocycles. The molecule has 1 aliphatic rings. The predicted molar refractivity (Wildman–Crippen MR) is 84.1 cm³/mol. The zero-order valence-electron chi connectivity index (χ0n) is 13.7. The monoisotopic (exact) mass is 278 g/mol. The molecule has 0 bridgehead atoms. The molecule has 1 aromatic rings. The highest BCUT2D eigenvalue weighted by Gasteiger charge is 2.25. The van der Waals surface area contributed by atoms with Crippen LogP contribution in [0.25, 0.3) is 0 Å². The van der Waals surface area contributed by atoms with Crippen LogP contribution >= 0.6 is 0 Å². The molecule has 2 rings (SSSR count). The van der Waals surface area contributed by atoms with E-state index in [0.717, 1.165) is 18.1 Å². The number of hydrogen-bond acceptors (Lipinski definition) is 3. The Kier molecular flexibility index (Phi) is 5.28. The lowest BCUT2D eigenvalue weighted by molar-refractivity contribution is 0.137. The van der Waals surface area contributed by atoms with Gasteiger partial charge < -0.3 is 9.73 Å². The number of piperidine rings is 1. The molecular weight excluding hydrogens is 248 g/mol. The second kappa shape index (κ2) is 6.77. The Morgan fingerprint density at radius 3 is 2.55 bits per heavy atom. The maximum Gasteiger partial charge on any atom is 0.105 e. The van der Waals surface area contributed by atoms with Crippen molar-refractivity contribution in [3.63, 3.8) is 0 Å². The van der Waals surface area contributed by atoms with E-state index in [2.05, 4.69) is 44.0 Å². The standard InChI is InChI=1S/C17H30N2O/c1-12(2)19(11-16-8-6-7-9-18-16)14(4)17-10-13(3)20-15(17)5/h10,12,14,16,18H,6-9,11H2,1-5H3. The fraction of sp³-hybridized carbons (Fsp3) is 0.765. The number of nitrogens with one attached hydrogen (secondary N) is 1. The first kappa shape index (κ1) is 15.6. The van der Waals surface area contributed by atoms with E-state index in [4.69, 9.17) is 4.42 Å². The van der Waals surface area contributed by atoms with Crippen LogP contribution in [-0.4, -0.2) is 30.1 Å². The first-order chi connectivity index (χ1) is 9.49. The van der Waals surface area contributed by atoms with Crippen LogP contribution in [0, 0.1) is 13.8 Å². The maximum atomic E-state index is 5.71.